The van der Waals surface area contributed by atoms with Crippen molar-refractivity contribution in [2.24, 2.45) is 0 Å². The lowest BCUT2D eigenvalue weighted by molar-refractivity contribution is 0.153. The Morgan fingerprint density at radius 2 is 1.78 bits per heavy atom. The topological polar surface area (TPSA) is 98.2 Å². The van der Waals surface area contributed by atoms with Crippen LogP contribution in [0.3, 0.4) is 0 Å². The highest BCUT2D eigenvalue weighted by atomic mass is 19.1. The molecule has 0 radical (unpaired) electrons. The monoisotopic (exact) mass is 506 g/mol. The number of rotatable bonds is 7. The van der Waals surface area contributed by atoms with E-state index in [1.165, 1.54) is 12.1 Å². The van der Waals surface area contributed by atoms with Crippen molar-refractivity contribution < 1.29 is 13.9 Å². The standard InChI is InChI=1S/C27H31FN6O3/c1-5-22(25-30-31-32-34(25)27(2,3)4)33(15-17-6-8-20(28)9-7-17)16-19-12-18-13-23-24(37-11-10-36-23)14-21(18)29-26(19)35/h6-9,12-14,22H,5,10-11,15-16H2,1-4H3,(H,29,35)/t22-/m0/s1. The van der Waals surface area contributed by atoms with Crippen LogP contribution in [0, 0.1) is 5.82 Å². The Balaban J connectivity index is 1.55. The predicted octanol–water partition coefficient (Wildman–Crippen LogP) is 4.33. The van der Waals surface area contributed by atoms with Crippen LogP contribution in [0.2, 0.25) is 0 Å². The Bertz CT molecular complexity index is 1460. The van der Waals surface area contributed by atoms with Gasteiger partial charge in [-0.25, -0.2) is 9.07 Å². The first-order valence-electron chi connectivity index (χ1n) is 12.5. The number of hydrogen-bond acceptors (Lipinski definition) is 7. The van der Waals surface area contributed by atoms with Gasteiger partial charge in [0.15, 0.2) is 17.3 Å². The van der Waals surface area contributed by atoms with E-state index in [9.17, 15) is 9.18 Å². The Hall–Kier alpha value is -3.79. The molecule has 37 heavy (non-hydrogen) atoms. The van der Waals surface area contributed by atoms with E-state index >= 15 is 0 Å². The molecule has 1 aliphatic rings. The fourth-order valence-electron chi connectivity index (χ4n) is 4.71. The Kier molecular flexibility index (Phi) is 6.68. The Labute approximate surface area is 214 Å². The first kappa shape index (κ1) is 24.9. The normalized spacial score (nSPS) is 14.3. The zero-order valence-electron chi connectivity index (χ0n) is 21.5. The lowest BCUT2D eigenvalue weighted by Gasteiger charge is -2.32. The average Bonchev–Trinajstić information content (AvgIpc) is 3.35. The number of tetrazole rings is 1. The van der Waals surface area contributed by atoms with Gasteiger partial charge in [-0.15, -0.1) is 5.10 Å². The van der Waals surface area contributed by atoms with E-state index < -0.39 is 0 Å². The number of aromatic amines is 1. The summed E-state index contributed by atoms with van der Waals surface area (Å²) in [5.41, 5.74) is 1.70. The second kappa shape index (κ2) is 9.93. The molecule has 0 saturated heterocycles. The number of halogens is 1. The number of fused-ring (bicyclic) bond motifs is 2. The van der Waals surface area contributed by atoms with Crippen LogP contribution in [0.15, 0.2) is 47.3 Å². The highest BCUT2D eigenvalue weighted by Crippen LogP contribution is 2.34. The van der Waals surface area contributed by atoms with Crippen molar-refractivity contribution in [3.05, 3.63) is 75.6 Å². The van der Waals surface area contributed by atoms with Crippen LogP contribution in [-0.2, 0) is 18.6 Å². The van der Waals surface area contributed by atoms with Crippen LogP contribution in [-0.4, -0.2) is 43.3 Å². The van der Waals surface area contributed by atoms with E-state index in [4.69, 9.17) is 9.47 Å². The second-order valence-electron chi connectivity index (χ2n) is 10.3. The van der Waals surface area contributed by atoms with E-state index in [2.05, 4.69) is 32.3 Å². The zero-order chi connectivity index (χ0) is 26.2. The summed E-state index contributed by atoms with van der Waals surface area (Å²) in [5, 5.41) is 13.4. The van der Waals surface area contributed by atoms with Gasteiger partial charge in [-0.3, -0.25) is 9.69 Å². The molecule has 4 aromatic rings. The van der Waals surface area contributed by atoms with Gasteiger partial charge in [0, 0.05) is 30.1 Å². The minimum atomic E-state index is -0.324. The van der Waals surface area contributed by atoms with Crippen molar-refractivity contribution in [2.75, 3.05) is 13.2 Å². The van der Waals surface area contributed by atoms with E-state index in [1.54, 1.807) is 18.2 Å². The summed E-state index contributed by atoms with van der Waals surface area (Å²) < 4.78 is 26.8. The van der Waals surface area contributed by atoms with Crippen molar-refractivity contribution in [1.29, 1.82) is 0 Å². The van der Waals surface area contributed by atoms with Gasteiger partial charge in [0.05, 0.1) is 17.1 Å². The molecule has 9 nitrogen and oxygen atoms in total. The summed E-state index contributed by atoms with van der Waals surface area (Å²) in [6, 6.07) is 11.8. The summed E-state index contributed by atoms with van der Waals surface area (Å²) in [4.78, 5) is 18.4. The fraction of sp³-hybridized carbons (Fsp3) is 0.407. The maximum absolute atomic E-state index is 13.6. The van der Waals surface area contributed by atoms with Gasteiger partial charge in [0.2, 0.25) is 0 Å². The summed E-state index contributed by atoms with van der Waals surface area (Å²) >= 11 is 0. The Morgan fingerprint density at radius 1 is 1.08 bits per heavy atom. The average molecular weight is 507 g/mol. The van der Waals surface area contributed by atoms with Crippen molar-refractivity contribution in [2.45, 2.75) is 58.8 Å². The minimum absolute atomic E-state index is 0.182. The molecule has 0 bridgehead atoms. The molecule has 0 aliphatic carbocycles. The highest BCUT2D eigenvalue weighted by molar-refractivity contribution is 5.83. The molecule has 0 spiro atoms. The number of ether oxygens (including phenoxy) is 2. The van der Waals surface area contributed by atoms with Gasteiger partial charge in [0.25, 0.3) is 5.56 Å². The number of H-pyrrole nitrogens is 1. The molecular formula is C27H31FN6O3. The molecule has 1 N–H and O–H groups in total. The van der Waals surface area contributed by atoms with Crippen LogP contribution in [0.25, 0.3) is 10.9 Å². The highest BCUT2D eigenvalue weighted by Gasteiger charge is 2.30. The molecule has 5 rings (SSSR count). The maximum atomic E-state index is 13.6. The lowest BCUT2D eigenvalue weighted by Crippen LogP contribution is -2.35. The van der Waals surface area contributed by atoms with Gasteiger partial charge in [-0.1, -0.05) is 19.1 Å². The molecule has 2 aromatic heterocycles. The third kappa shape index (κ3) is 5.20. The molecular weight excluding hydrogens is 475 g/mol. The smallest absolute Gasteiger partial charge is 0.252 e. The number of benzene rings is 2. The van der Waals surface area contributed by atoms with Gasteiger partial charge in [0.1, 0.15) is 19.0 Å². The van der Waals surface area contributed by atoms with E-state index in [-0.39, 0.29) is 23.0 Å². The van der Waals surface area contributed by atoms with Crippen molar-refractivity contribution in [3.63, 3.8) is 0 Å². The summed E-state index contributed by atoms with van der Waals surface area (Å²) in [6.45, 7) is 9.99. The molecule has 2 aromatic carbocycles. The van der Waals surface area contributed by atoms with Crippen molar-refractivity contribution in [3.8, 4) is 11.5 Å². The summed E-state index contributed by atoms with van der Waals surface area (Å²) in [5.74, 6) is 1.71. The second-order valence-corrected chi connectivity index (χ2v) is 10.3. The summed E-state index contributed by atoms with van der Waals surface area (Å²) in [7, 11) is 0. The first-order chi connectivity index (χ1) is 17.7. The van der Waals surface area contributed by atoms with Gasteiger partial charge >= 0.3 is 0 Å². The molecule has 1 aliphatic heterocycles. The van der Waals surface area contributed by atoms with Gasteiger partial charge < -0.3 is 14.5 Å². The molecule has 0 unspecified atom stereocenters. The van der Waals surface area contributed by atoms with Gasteiger partial charge in [-0.05, 0) is 67.4 Å². The SMILES string of the molecule is CC[C@@H](c1nnnn1C(C)(C)C)N(Cc1ccc(F)cc1)Cc1cc2cc3c(cc2[nH]c1=O)OCCO3. The quantitative estimate of drug-likeness (QED) is 0.398. The molecule has 0 saturated carbocycles. The van der Waals surface area contributed by atoms with Gasteiger partial charge in [-0.2, -0.15) is 0 Å². The van der Waals surface area contributed by atoms with Crippen molar-refractivity contribution >= 4 is 10.9 Å². The van der Waals surface area contributed by atoms with Crippen LogP contribution >= 0.6 is 0 Å². The number of aromatic nitrogens is 5. The van der Waals surface area contributed by atoms with Crippen LogP contribution in [0.4, 0.5) is 4.39 Å². The number of hydrogen-bond donors (Lipinski definition) is 1. The molecule has 194 valence electrons. The molecule has 0 amide bonds. The number of nitrogens with one attached hydrogen (secondary N) is 1. The molecule has 1 atom stereocenters. The largest absolute Gasteiger partial charge is 0.486 e. The van der Waals surface area contributed by atoms with E-state index in [0.717, 1.165) is 10.9 Å². The Morgan fingerprint density at radius 3 is 2.46 bits per heavy atom. The lowest BCUT2D eigenvalue weighted by atomic mass is 10.0. The third-order valence-corrected chi connectivity index (χ3v) is 6.51. The van der Waals surface area contributed by atoms with Crippen LogP contribution < -0.4 is 15.0 Å². The third-order valence-electron chi connectivity index (χ3n) is 6.51. The van der Waals surface area contributed by atoms with Crippen LogP contribution in [0.5, 0.6) is 11.5 Å². The predicted molar refractivity (Wildman–Crippen MR) is 137 cm³/mol. The van der Waals surface area contributed by atoms with E-state index in [0.29, 0.717) is 61.1 Å². The van der Waals surface area contributed by atoms with Crippen molar-refractivity contribution in [1.82, 2.24) is 30.1 Å². The zero-order valence-corrected chi connectivity index (χ0v) is 21.5. The minimum Gasteiger partial charge on any atom is -0.486 e. The summed E-state index contributed by atoms with van der Waals surface area (Å²) in [6.07, 6.45) is 0.710. The first-order valence-corrected chi connectivity index (χ1v) is 12.5. The maximum Gasteiger partial charge on any atom is 0.252 e. The van der Waals surface area contributed by atoms with E-state index in [1.807, 2.05) is 37.6 Å². The number of nitrogens with zero attached hydrogens (tertiary/aromatic N) is 5. The molecule has 10 heteroatoms. The molecule has 0 fully saturated rings. The fourth-order valence-corrected chi connectivity index (χ4v) is 4.71. The molecule has 3 heterocycles. The number of pyridine rings is 1. The van der Waals surface area contributed by atoms with Crippen LogP contribution in [0.1, 0.15) is 57.1 Å².